The number of nitrogens with zero attached hydrogens (tertiary/aromatic N) is 3. The van der Waals surface area contributed by atoms with Crippen molar-refractivity contribution >= 4 is 29.0 Å². The molecule has 3 heterocycles. The molecule has 1 aliphatic heterocycles. The second kappa shape index (κ2) is 8.88. The van der Waals surface area contributed by atoms with E-state index in [0.717, 1.165) is 34.0 Å². The van der Waals surface area contributed by atoms with Gasteiger partial charge in [0, 0.05) is 29.0 Å². The van der Waals surface area contributed by atoms with Crippen LogP contribution in [0.2, 0.25) is 0 Å². The number of aromatic nitrogens is 2. The van der Waals surface area contributed by atoms with Crippen LogP contribution >= 0.6 is 12.2 Å². The number of aryl methyl sites for hydroxylation is 1. The average Bonchev–Trinajstić information content (AvgIpc) is 3.35. The van der Waals surface area contributed by atoms with E-state index in [0.29, 0.717) is 5.11 Å². The van der Waals surface area contributed by atoms with Crippen LogP contribution in [0.5, 0.6) is 5.75 Å². The molecule has 0 bridgehead atoms. The van der Waals surface area contributed by atoms with Crippen molar-refractivity contribution in [1.82, 2.24) is 14.9 Å². The Kier molecular flexibility index (Phi) is 5.74. The fourth-order valence-electron chi connectivity index (χ4n) is 4.80. The normalized spacial score (nSPS) is 17.4. The van der Waals surface area contributed by atoms with E-state index in [4.69, 9.17) is 12.2 Å². The molecule has 5 rings (SSSR count). The molecule has 0 spiro atoms. The first kappa shape index (κ1) is 22.6. The predicted octanol–water partition coefficient (Wildman–Crippen LogP) is 5.07. The summed E-state index contributed by atoms with van der Waals surface area (Å²) < 4.78 is 2.12. The van der Waals surface area contributed by atoms with E-state index in [2.05, 4.69) is 32.8 Å². The summed E-state index contributed by atoms with van der Waals surface area (Å²) in [6.45, 7) is 4.09. The number of aromatic hydroxyl groups is 1. The SMILES string of the molecule is Cc1cc([C@@H]2[C@H](c3ccccn3)NC(=S)N2c2ccc(O)cc2)c(C)n1-c1ccc(C(=O)O)cc1. The van der Waals surface area contributed by atoms with Crippen LogP contribution < -0.4 is 10.2 Å². The highest BCUT2D eigenvalue weighted by atomic mass is 32.1. The minimum atomic E-state index is -0.952. The third-order valence-electron chi connectivity index (χ3n) is 6.39. The lowest BCUT2D eigenvalue weighted by molar-refractivity contribution is 0.0697. The zero-order valence-electron chi connectivity index (χ0n) is 19.2. The van der Waals surface area contributed by atoms with Gasteiger partial charge in [-0.15, -0.1) is 0 Å². The van der Waals surface area contributed by atoms with Gasteiger partial charge in [-0.2, -0.15) is 0 Å². The fourth-order valence-corrected chi connectivity index (χ4v) is 5.15. The molecule has 0 saturated carbocycles. The standard InChI is InChI=1S/C27H24N4O3S/c1-16-15-22(17(2)30(16)19-8-6-18(7-9-19)26(33)34)25-24(23-5-3-4-14-28-23)29-27(35)31(25)20-10-12-21(32)13-11-20/h3-15,24-25,32H,1-2H3,(H,29,35)(H,33,34)/t24-,25+/m0/s1. The maximum absolute atomic E-state index is 11.3. The van der Waals surface area contributed by atoms with Crippen LogP contribution in [0, 0.1) is 13.8 Å². The Hall–Kier alpha value is -4.17. The van der Waals surface area contributed by atoms with Gasteiger partial charge in [0.05, 0.1) is 23.3 Å². The number of carbonyl (C=O) groups is 1. The highest BCUT2D eigenvalue weighted by molar-refractivity contribution is 7.80. The van der Waals surface area contributed by atoms with Crippen molar-refractivity contribution < 1.29 is 15.0 Å². The molecule has 8 heteroatoms. The van der Waals surface area contributed by atoms with Crippen LogP contribution in [0.4, 0.5) is 5.69 Å². The summed E-state index contributed by atoms with van der Waals surface area (Å²) in [5.74, 6) is -0.765. The Morgan fingerprint density at radius 2 is 1.69 bits per heavy atom. The van der Waals surface area contributed by atoms with E-state index >= 15 is 0 Å². The zero-order valence-corrected chi connectivity index (χ0v) is 20.0. The first-order valence-corrected chi connectivity index (χ1v) is 11.6. The first-order chi connectivity index (χ1) is 16.8. The zero-order chi connectivity index (χ0) is 24.7. The van der Waals surface area contributed by atoms with Crippen LogP contribution in [0.25, 0.3) is 5.69 Å². The Balaban J connectivity index is 1.65. The highest BCUT2D eigenvalue weighted by Gasteiger charge is 2.42. The molecular formula is C27H24N4O3S. The van der Waals surface area contributed by atoms with Gasteiger partial charge in [-0.1, -0.05) is 6.07 Å². The first-order valence-electron chi connectivity index (χ1n) is 11.2. The maximum Gasteiger partial charge on any atom is 0.335 e. The van der Waals surface area contributed by atoms with Crippen molar-refractivity contribution in [2.45, 2.75) is 25.9 Å². The van der Waals surface area contributed by atoms with E-state index in [1.54, 1.807) is 30.5 Å². The van der Waals surface area contributed by atoms with E-state index in [1.807, 2.05) is 49.4 Å². The summed E-state index contributed by atoms with van der Waals surface area (Å²) in [6, 6.07) is 21.4. The molecule has 2 atom stereocenters. The topological polar surface area (TPSA) is 90.6 Å². The minimum Gasteiger partial charge on any atom is -0.508 e. The van der Waals surface area contributed by atoms with Gasteiger partial charge in [0.15, 0.2) is 5.11 Å². The van der Waals surface area contributed by atoms with Gasteiger partial charge in [0.2, 0.25) is 0 Å². The second-order valence-corrected chi connectivity index (χ2v) is 8.91. The number of nitrogens with one attached hydrogen (secondary N) is 1. The lowest BCUT2D eigenvalue weighted by Crippen LogP contribution is -2.29. The molecule has 0 radical (unpaired) electrons. The molecule has 0 unspecified atom stereocenters. The Morgan fingerprint density at radius 1 is 1.00 bits per heavy atom. The van der Waals surface area contributed by atoms with E-state index in [1.165, 1.54) is 0 Å². The van der Waals surface area contributed by atoms with Gasteiger partial charge >= 0.3 is 5.97 Å². The summed E-state index contributed by atoms with van der Waals surface area (Å²) >= 11 is 5.79. The Labute approximate surface area is 208 Å². The summed E-state index contributed by atoms with van der Waals surface area (Å²) in [6.07, 6.45) is 1.77. The van der Waals surface area contributed by atoms with Crippen LogP contribution in [-0.2, 0) is 0 Å². The van der Waals surface area contributed by atoms with Crippen molar-refractivity contribution in [3.05, 3.63) is 107 Å². The molecule has 3 N–H and O–H groups in total. The molecule has 1 aliphatic rings. The Bertz CT molecular complexity index is 1400. The number of benzene rings is 2. The number of phenolic OH excluding ortho intramolecular Hbond substituents is 1. The molecule has 7 nitrogen and oxygen atoms in total. The van der Waals surface area contributed by atoms with Crippen LogP contribution in [0.1, 0.15) is 45.1 Å². The smallest absolute Gasteiger partial charge is 0.335 e. The number of thiocarbonyl (C=S) groups is 1. The molecule has 1 fully saturated rings. The maximum atomic E-state index is 11.3. The number of carboxylic acids is 1. The third kappa shape index (κ3) is 4.02. The number of hydrogen-bond donors (Lipinski definition) is 3. The number of carboxylic acid groups (broad SMARTS) is 1. The number of phenols is 1. The molecule has 0 amide bonds. The lowest BCUT2D eigenvalue weighted by atomic mass is 9.96. The van der Waals surface area contributed by atoms with Gasteiger partial charge in [-0.25, -0.2) is 4.79 Å². The quantitative estimate of drug-likeness (QED) is 0.341. The van der Waals surface area contributed by atoms with Gasteiger partial charge in [-0.05, 0) is 98.4 Å². The van der Waals surface area contributed by atoms with E-state index < -0.39 is 5.97 Å². The van der Waals surface area contributed by atoms with Crippen LogP contribution in [0.15, 0.2) is 79.0 Å². The van der Waals surface area contributed by atoms with E-state index in [-0.39, 0.29) is 23.4 Å². The van der Waals surface area contributed by atoms with Crippen molar-refractivity contribution in [1.29, 1.82) is 0 Å². The second-order valence-electron chi connectivity index (χ2n) is 8.53. The van der Waals surface area contributed by atoms with Gasteiger partial charge in [0.25, 0.3) is 0 Å². The molecule has 35 heavy (non-hydrogen) atoms. The molecule has 176 valence electrons. The van der Waals surface area contributed by atoms with Gasteiger partial charge < -0.3 is 25.0 Å². The minimum absolute atomic E-state index is 0.188. The third-order valence-corrected chi connectivity index (χ3v) is 6.70. The molecular weight excluding hydrogens is 460 g/mol. The number of hydrogen-bond acceptors (Lipinski definition) is 4. The lowest BCUT2D eigenvalue weighted by Gasteiger charge is -2.28. The number of rotatable bonds is 5. The van der Waals surface area contributed by atoms with Crippen molar-refractivity contribution in [3.8, 4) is 11.4 Å². The van der Waals surface area contributed by atoms with Crippen molar-refractivity contribution in [3.63, 3.8) is 0 Å². The molecule has 1 saturated heterocycles. The molecule has 2 aromatic carbocycles. The largest absolute Gasteiger partial charge is 0.508 e. The number of anilines is 1. The predicted molar refractivity (Wildman–Crippen MR) is 138 cm³/mol. The number of pyridine rings is 1. The number of aromatic carboxylic acids is 1. The van der Waals surface area contributed by atoms with Crippen molar-refractivity contribution in [2.75, 3.05) is 4.90 Å². The summed E-state index contributed by atoms with van der Waals surface area (Å²) in [7, 11) is 0. The van der Waals surface area contributed by atoms with Crippen molar-refractivity contribution in [2.24, 2.45) is 0 Å². The average molecular weight is 485 g/mol. The monoisotopic (exact) mass is 484 g/mol. The fraction of sp³-hybridized carbons (Fsp3) is 0.148. The molecule has 0 aliphatic carbocycles. The van der Waals surface area contributed by atoms with Crippen LogP contribution in [-0.4, -0.2) is 30.8 Å². The molecule has 2 aromatic heterocycles. The summed E-state index contributed by atoms with van der Waals surface area (Å²) in [5, 5.41) is 23.1. The summed E-state index contributed by atoms with van der Waals surface area (Å²) in [4.78, 5) is 18.0. The highest BCUT2D eigenvalue weighted by Crippen LogP contribution is 2.43. The van der Waals surface area contributed by atoms with Gasteiger partial charge in [0.1, 0.15) is 5.75 Å². The van der Waals surface area contributed by atoms with E-state index in [9.17, 15) is 15.0 Å². The van der Waals surface area contributed by atoms with Gasteiger partial charge in [-0.3, -0.25) is 4.98 Å². The molecule has 4 aromatic rings. The van der Waals surface area contributed by atoms with Crippen LogP contribution in [0.3, 0.4) is 0 Å². The summed E-state index contributed by atoms with van der Waals surface area (Å²) in [5.41, 5.74) is 5.97. The Morgan fingerprint density at radius 3 is 2.31 bits per heavy atom.